The zero-order valence-electron chi connectivity index (χ0n) is 13.5. The van der Waals surface area contributed by atoms with Gasteiger partial charge in [0.2, 0.25) is 0 Å². The number of hydrogen-bond acceptors (Lipinski definition) is 2. The maximum atomic E-state index is 13.6. The molecule has 0 aliphatic carbocycles. The van der Waals surface area contributed by atoms with E-state index < -0.39 is 5.82 Å². The second-order valence-corrected chi connectivity index (χ2v) is 6.35. The molecule has 0 atom stereocenters. The highest BCUT2D eigenvalue weighted by Gasteiger charge is 2.11. The molecule has 26 heavy (non-hydrogen) atoms. The minimum atomic E-state index is -0.676. The number of allylic oxidation sites excluding steroid dienone is 1. The number of halogens is 3. The van der Waals surface area contributed by atoms with Crippen molar-refractivity contribution in [3.63, 3.8) is 0 Å². The number of carbonyl (C=O) groups is 1. The zero-order chi connectivity index (χ0) is 18.5. The molecular formula is C21H14Cl2FNO. The number of carbonyl (C=O) groups excluding carboxylic acids is 1. The molecule has 1 N–H and O–H groups in total. The van der Waals surface area contributed by atoms with Crippen LogP contribution < -0.4 is 5.32 Å². The van der Waals surface area contributed by atoms with Crippen molar-refractivity contribution in [2.24, 2.45) is 0 Å². The van der Waals surface area contributed by atoms with E-state index in [1.54, 1.807) is 24.3 Å². The average molecular weight is 386 g/mol. The first-order valence-electron chi connectivity index (χ1n) is 7.82. The molecule has 0 fully saturated rings. The van der Waals surface area contributed by atoms with Gasteiger partial charge in [-0.15, -0.1) is 0 Å². The van der Waals surface area contributed by atoms with E-state index in [1.165, 1.54) is 18.2 Å². The van der Waals surface area contributed by atoms with Gasteiger partial charge in [0.25, 0.3) is 0 Å². The fraction of sp³-hybridized carbons (Fsp3) is 0. The lowest BCUT2D eigenvalue weighted by molar-refractivity contribution is 0.104. The number of nitrogens with one attached hydrogen (secondary N) is 1. The van der Waals surface area contributed by atoms with Crippen LogP contribution in [-0.4, -0.2) is 5.78 Å². The molecule has 0 aliphatic rings. The van der Waals surface area contributed by atoms with E-state index in [4.69, 9.17) is 23.2 Å². The van der Waals surface area contributed by atoms with Crippen LogP contribution >= 0.6 is 23.2 Å². The van der Waals surface area contributed by atoms with Crippen LogP contribution in [0.15, 0.2) is 78.9 Å². The molecule has 0 spiro atoms. The Kier molecular flexibility index (Phi) is 5.71. The minimum Gasteiger partial charge on any atom is -0.355 e. The van der Waals surface area contributed by atoms with E-state index >= 15 is 0 Å². The van der Waals surface area contributed by atoms with E-state index in [9.17, 15) is 9.18 Å². The van der Waals surface area contributed by atoms with E-state index in [0.29, 0.717) is 16.9 Å². The molecule has 0 radical (unpaired) electrons. The van der Waals surface area contributed by atoms with Crippen LogP contribution in [0.1, 0.15) is 15.9 Å². The van der Waals surface area contributed by atoms with Gasteiger partial charge in [-0.25, -0.2) is 4.39 Å². The van der Waals surface area contributed by atoms with Gasteiger partial charge < -0.3 is 5.32 Å². The third-order valence-electron chi connectivity index (χ3n) is 3.68. The third kappa shape index (κ3) is 4.31. The first-order valence-corrected chi connectivity index (χ1v) is 8.58. The topological polar surface area (TPSA) is 29.1 Å². The zero-order valence-corrected chi connectivity index (χ0v) is 15.1. The van der Waals surface area contributed by atoms with E-state index in [-0.39, 0.29) is 15.8 Å². The summed E-state index contributed by atoms with van der Waals surface area (Å²) in [6, 6.07) is 21.1. The van der Waals surface area contributed by atoms with Gasteiger partial charge in [-0.3, -0.25) is 4.79 Å². The van der Waals surface area contributed by atoms with E-state index in [0.717, 1.165) is 5.56 Å². The molecule has 0 aromatic heterocycles. The lowest BCUT2D eigenvalue weighted by Gasteiger charge is -2.13. The van der Waals surface area contributed by atoms with Crippen molar-refractivity contribution in [3.8, 4) is 0 Å². The van der Waals surface area contributed by atoms with Crippen LogP contribution in [0.5, 0.6) is 0 Å². The summed E-state index contributed by atoms with van der Waals surface area (Å²) in [4.78, 5) is 12.6. The van der Waals surface area contributed by atoms with Crippen molar-refractivity contribution in [3.05, 3.63) is 106 Å². The Morgan fingerprint density at radius 1 is 0.846 bits per heavy atom. The highest BCUT2D eigenvalue weighted by atomic mass is 35.5. The molecule has 2 nitrogen and oxygen atoms in total. The largest absolute Gasteiger partial charge is 0.355 e. The monoisotopic (exact) mass is 385 g/mol. The number of ketones is 1. The summed E-state index contributed by atoms with van der Waals surface area (Å²) < 4.78 is 13.6. The van der Waals surface area contributed by atoms with Crippen molar-refractivity contribution < 1.29 is 9.18 Å². The Balaban J connectivity index is 1.99. The van der Waals surface area contributed by atoms with Gasteiger partial charge in [0.1, 0.15) is 0 Å². The molecular weight excluding hydrogens is 372 g/mol. The highest BCUT2D eigenvalue weighted by molar-refractivity contribution is 6.35. The average Bonchev–Trinajstić information content (AvgIpc) is 2.67. The molecule has 3 rings (SSSR count). The molecule has 3 aromatic carbocycles. The minimum absolute atomic E-state index is 0.0956. The Labute approximate surface area is 160 Å². The van der Waals surface area contributed by atoms with Crippen molar-refractivity contribution in [1.82, 2.24) is 0 Å². The lowest BCUT2D eigenvalue weighted by Crippen LogP contribution is -2.04. The fourth-order valence-corrected chi connectivity index (χ4v) is 2.90. The molecule has 0 aliphatic heterocycles. The molecule has 3 aromatic rings. The van der Waals surface area contributed by atoms with Crippen molar-refractivity contribution in [2.75, 3.05) is 5.32 Å². The Morgan fingerprint density at radius 3 is 1.88 bits per heavy atom. The number of anilines is 1. The van der Waals surface area contributed by atoms with Gasteiger partial charge in [0.15, 0.2) is 11.6 Å². The normalized spacial score (nSPS) is 11.3. The van der Waals surface area contributed by atoms with Crippen molar-refractivity contribution >= 4 is 40.4 Å². The lowest BCUT2D eigenvalue weighted by atomic mass is 10.1. The first-order chi connectivity index (χ1) is 12.5. The van der Waals surface area contributed by atoms with E-state index in [1.807, 2.05) is 36.4 Å². The Morgan fingerprint density at radius 2 is 1.35 bits per heavy atom. The van der Waals surface area contributed by atoms with Gasteiger partial charge in [-0.05, 0) is 17.7 Å². The maximum Gasteiger partial charge on any atom is 0.187 e. The molecule has 0 bridgehead atoms. The predicted octanol–water partition coefficient (Wildman–Crippen LogP) is 6.47. The van der Waals surface area contributed by atoms with Gasteiger partial charge in [0, 0.05) is 23.0 Å². The summed E-state index contributed by atoms with van der Waals surface area (Å²) in [7, 11) is 0. The smallest absolute Gasteiger partial charge is 0.187 e. The molecule has 0 heterocycles. The van der Waals surface area contributed by atoms with Crippen LogP contribution in [0, 0.1) is 5.82 Å². The predicted molar refractivity (Wildman–Crippen MR) is 105 cm³/mol. The van der Waals surface area contributed by atoms with Crippen LogP contribution in [0.2, 0.25) is 10.0 Å². The quantitative estimate of drug-likeness (QED) is 0.309. The second kappa shape index (κ2) is 8.17. The standard InChI is InChI=1S/C21H14Cl2FNO/c22-17-11-16(12-18(23)21(17)24)25-19(14-7-3-1-4-8-14)13-20(26)15-9-5-2-6-10-15/h1-13,25H/b19-13-. The van der Waals surface area contributed by atoms with Gasteiger partial charge in [0.05, 0.1) is 10.0 Å². The molecule has 0 unspecified atom stereocenters. The summed E-state index contributed by atoms with van der Waals surface area (Å²) >= 11 is 11.7. The third-order valence-corrected chi connectivity index (χ3v) is 4.23. The molecule has 130 valence electrons. The highest BCUT2D eigenvalue weighted by Crippen LogP contribution is 2.29. The summed E-state index contributed by atoms with van der Waals surface area (Å²) in [6.45, 7) is 0. The van der Waals surface area contributed by atoms with Crippen LogP contribution in [0.4, 0.5) is 10.1 Å². The Bertz CT molecular complexity index is 933. The van der Waals surface area contributed by atoms with Crippen molar-refractivity contribution in [2.45, 2.75) is 0 Å². The Hall–Kier alpha value is -2.62. The van der Waals surface area contributed by atoms with Gasteiger partial charge in [-0.2, -0.15) is 0 Å². The summed E-state index contributed by atoms with van der Waals surface area (Å²) in [6.07, 6.45) is 1.50. The van der Waals surface area contributed by atoms with Crippen LogP contribution in [-0.2, 0) is 0 Å². The van der Waals surface area contributed by atoms with Gasteiger partial charge >= 0.3 is 0 Å². The summed E-state index contributed by atoms with van der Waals surface area (Å²) in [5.74, 6) is -0.833. The van der Waals surface area contributed by atoms with Gasteiger partial charge in [-0.1, -0.05) is 83.9 Å². The molecule has 5 heteroatoms. The second-order valence-electron chi connectivity index (χ2n) is 5.53. The molecule has 0 saturated heterocycles. The maximum absolute atomic E-state index is 13.6. The summed E-state index contributed by atoms with van der Waals surface area (Å²) in [5, 5.41) is 2.92. The fourth-order valence-electron chi connectivity index (χ4n) is 2.41. The van der Waals surface area contributed by atoms with Crippen LogP contribution in [0.3, 0.4) is 0 Å². The van der Waals surface area contributed by atoms with Crippen molar-refractivity contribution in [1.29, 1.82) is 0 Å². The molecule has 0 amide bonds. The SMILES string of the molecule is O=C(/C=C(\Nc1cc(Cl)c(F)c(Cl)c1)c1ccccc1)c1ccccc1. The van der Waals surface area contributed by atoms with Crippen LogP contribution in [0.25, 0.3) is 5.70 Å². The van der Waals surface area contributed by atoms with E-state index in [2.05, 4.69) is 5.32 Å². The summed E-state index contributed by atoms with van der Waals surface area (Å²) in [5.41, 5.74) is 2.40. The number of rotatable bonds is 5. The number of hydrogen-bond donors (Lipinski definition) is 1. The number of benzene rings is 3. The molecule has 0 saturated carbocycles. The first kappa shape index (κ1) is 18.2.